The lowest BCUT2D eigenvalue weighted by atomic mass is 9.78. The third-order valence-corrected chi connectivity index (χ3v) is 4.31. The number of aliphatic carboxylic acids is 1. The maximum atomic E-state index is 12.2. The average Bonchev–Trinajstić information content (AvgIpc) is 2.38. The maximum absolute atomic E-state index is 12.2. The first-order chi connectivity index (χ1) is 8.88. The Kier molecular flexibility index (Phi) is 5.63. The highest BCUT2D eigenvalue weighted by Gasteiger charge is 2.31. The fourth-order valence-electron chi connectivity index (χ4n) is 2.40. The van der Waals surface area contributed by atoms with Crippen LogP contribution in [0.4, 0.5) is 4.79 Å². The van der Waals surface area contributed by atoms with Gasteiger partial charge in [-0.3, -0.25) is 4.79 Å². The van der Waals surface area contributed by atoms with E-state index < -0.39 is 5.97 Å². The number of piperidine rings is 1. The van der Waals surface area contributed by atoms with Gasteiger partial charge in [0, 0.05) is 33.1 Å². The van der Waals surface area contributed by atoms with E-state index in [9.17, 15) is 9.59 Å². The number of hydrogen-bond donors (Lipinski definition) is 1. The van der Waals surface area contributed by atoms with Crippen molar-refractivity contribution < 1.29 is 14.7 Å². The van der Waals surface area contributed by atoms with Crippen molar-refractivity contribution in [1.82, 2.24) is 9.80 Å². The third-order valence-electron chi connectivity index (χ3n) is 4.31. The fraction of sp³-hybridized carbons (Fsp3) is 0.857. The first kappa shape index (κ1) is 15.8. The van der Waals surface area contributed by atoms with Crippen molar-refractivity contribution in [2.24, 2.45) is 5.41 Å². The maximum Gasteiger partial charge on any atom is 0.319 e. The van der Waals surface area contributed by atoms with Crippen LogP contribution in [0.15, 0.2) is 0 Å². The van der Waals surface area contributed by atoms with Gasteiger partial charge < -0.3 is 14.9 Å². The molecule has 0 aromatic carbocycles. The van der Waals surface area contributed by atoms with Crippen molar-refractivity contribution >= 4 is 12.0 Å². The van der Waals surface area contributed by atoms with Crippen LogP contribution in [0.1, 0.15) is 46.0 Å². The zero-order chi connectivity index (χ0) is 14.5. The molecule has 0 saturated carbocycles. The number of carboxylic acids is 1. The molecule has 0 bridgehead atoms. The Hall–Kier alpha value is -1.26. The molecule has 1 heterocycles. The smallest absolute Gasteiger partial charge is 0.319 e. The minimum absolute atomic E-state index is 0.0311. The van der Waals surface area contributed by atoms with E-state index in [2.05, 4.69) is 13.8 Å². The minimum atomic E-state index is -0.808. The number of carboxylic acid groups (broad SMARTS) is 1. The SMILES string of the molecule is CCC1(C)CCN(C(=O)N(C)CCCC(=O)O)CC1. The molecule has 1 N–H and O–H groups in total. The zero-order valence-electron chi connectivity index (χ0n) is 12.3. The van der Waals surface area contributed by atoms with Crippen molar-refractivity contribution in [2.75, 3.05) is 26.7 Å². The summed E-state index contributed by atoms with van der Waals surface area (Å²) < 4.78 is 0. The second-order valence-corrected chi connectivity index (χ2v) is 5.85. The standard InChI is InChI=1S/C14H26N2O3/c1-4-14(2)7-10-16(11-8-14)13(19)15(3)9-5-6-12(17)18/h4-11H2,1-3H3,(H,17,18). The van der Waals surface area contributed by atoms with Crippen LogP contribution in [0.25, 0.3) is 0 Å². The summed E-state index contributed by atoms with van der Waals surface area (Å²) in [7, 11) is 1.75. The molecule has 1 rings (SSSR count). The normalized spacial score (nSPS) is 18.2. The van der Waals surface area contributed by atoms with Gasteiger partial charge in [0.15, 0.2) is 0 Å². The second kappa shape index (κ2) is 6.78. The van der Waals surface area contributed by atoms with Gasteiger partial charge in [-0.1, -0.05) is 20.3 Å². The van der Waals surface area contributed by atoms with Crippen LogP contribution >= 0.6 is 0 Å². The Morgan fingerprint density at radius 1 is 1.32 bits per heavy atom. The predicted molar refractivity (Wildman–Crippen MR) is 74.1 cm³/mol. The molecule has 0 spiro atoms. The molecule has 0 aliphatic carbocycles. The van der Waals surface area contributed by atoms with Crippen molar-refractivity contribution in [3.63, 3.8) is 0 Å². The number of hydrogen-bond acceptors (Lipinski definition) is 2. The van der Waals surface area contributed by atoms with Crippen LogP contribution in [0.5, 0.6) is 0 Å². The molecule has 0 radical (unpaired) electrons. The van der Waals surface area contributed by atoms with Crippen molar-refractivity contribution in [3.05, 3.63) is 0 Å². The Balaban J connectivity index is 2.36. The Bertz CT molecular complexity index is 323. The van der Waals surface area contributed by atoms with Crippen LogP contribution in [-0.4, -0.2) is 53.6 Å². The van der Waals surface area contributed by atoms with Crippen molar-refractivity contribution in [2.45, 2.75) is 46.0 Å². The van der Waals surface area contributed by atoms with Gasteiger partial charge >= 0.3 is 12.0 Å². The van der Waals surface area contributed by atoms with E-state index >= 15 is 0 Å². The van der Waals surface area contributed by atoms with Gasteiger partial charge in [0.25, 0.3) is 0 Å². The highest BCUT2D eigenvalue weighted by molar-refractivity contribution is 5.74. The van der Waals surface area contributed by atoms with Gasteiger partial charge in [-0.25, -0.2) is 4.79 Å². The van der Waals surface area contributed by atoms with E-state index in [4.69, 9.17) is 5.11 Å². The number of rotatable bonds is 5. The summed E-state index contributed by atoms with van der Waals surface area (Å²) in [5.41, 5.74) is 0.374. The number of amides is 2. The Labute approximate surface area is 115 Å². The lowest BCUT2D eigenvalue weighted by molar-refractivity contribution is -0.137. The summed E-state index contributed by atoms with van der Waals surface area (Å²) in [6.45, 7) is 6.62. The molecule has 0 atom stereocenters. The molecule has 0 aromatic rings. The summed E-state index contributed by atoms with van der Waals surface area (Å²) in [5.74, 6) is -0.808. The minimum Gasteiger partial charge on any atom is -0.481 e. The topological polar surface area (TPSA) is 60.9 Å². The van der Waals surface area contributed by atoms with Crippen molar-refractivity contribution in [1.29, 1.82) is 0 Å². The van der Waals surface area contributed by atoms with Crippen LogP contribution in [-0.2, 0) is 4.79 Å². The van der Waals surface area contributed by atoms with Gasteiger partial charge in [0.05, 0.1) is 0 Å². The van der Waals surface area contributed by atoms with Gasteiger partial charge in [-0.05, 0) is 24.7 Å². The molecule has 1 aliphatic heterocycles. The predicted octanol–water partition coefficient (Wildman–Crippen LogP) is 2.42. The number of likely N-dealkylation sites (tertiary alicyclic amines) is 1. The molecule has 1 fully saturated rings. The van der Waals surface area contributed by atoms with E-state index in [-0.39, 0.29) is 12.5 Å². The number of carbonyl (C=O) groups excluding carboxylic acids is 1. The highest BCUT2D eigenvalue weighted by atomic mass is 16.4. The molecule has 0 aromatic heterocycles. The molecule has 0 unspecified atom stereocenters. The van der Waals surface area contributed by atoms with E-state index in [1.165, 1.54) is 0 Å². The largest absolute Gasteiger partial charge is 0.481 e. The van der Waals surface area contributed by atoms with Gasteiger partial charge in [0.2, 0.25) is 0 Å². The third kappa shape index (κ3) is 4.73. The van der Waals surface area contributed by atoms with E-state index in [0.717, 1.165) is 32.4 Å². The van der Waals surface area contributed by atoms with E-state index in [1.807, 2.05) is 4.90 Å². The molecule has 5 heteroatoms. The number of nitrogens with zero attached hydrogens (tertiary/aromatic N) is 2. The van der Waals surface area contributed by atoms with Gasteiger partial charge in [0.1, 0.15) is 0 Å². The fourth-order valence-corrected chi connectivity index (χ4v) is 2.40. The quantitative estimate of drug-likeness (QED) is 0.834. The lowest BCUT2D eigenvalue weighted by Crippen LogP contribution is -2.47. The first-order valence-corrected chi connectivity index (χ1v) is 7.10. The molecule has 1 saturated heterocycles. The van der Waals surface area contributed by atoms with Crippen LogP contribution in [0.3, 0.4) is 0 Å². The Morgan fingerprint density at radius 3 is 2.37 bits per heavy atom. The van der Waals surface area contributed by atoms with Crippen LogP contribution in [0, 0.1) is 5.41 Å². The molecule has 5 nitrogen and oxygen atoms in total. The van der Waals surface area contributed by atoms with E-state index in [1.54, 1.807) is 11.9 Å². The Morgan fingerprint density at radius 2 is 1.89 bits per heavy atom. The molecule has 110 valence electrons. The highest BCUT2D eigenvalue weighted by Crippen LogP contribution is 2.34. The van der Waals surface area contributed by atoms with E-state index in [0.29, 0.717) is 18.4 Å². The summed E-state index contributed by atoms with van der Waals surface area (Å²) in [6, 6.07) is 0.0311. The summed E-state index contributed by atoms with van der Waals surface area (Å²) in [4.78, 5) is 26.1. The molecule has 19 heavy (non-hydrogen) atoms. The van der Waals surface area contributed by atoms with Crippen LogP contribution in [0.2, 0.25) is 0 Å². The first-order valence-electron chi connectivity index (χ1n) is 7.10. The lowest BCUT2D eigenvalue weighted by Gasteiger charge is -2.40. The van der Waals surface area contributed by atoms with Gasteiger partial charge in [-0.15, -0.1) is 0 Å². The summed E-state index contributed by atoms with van der Waals surface area (Å²) in [5, 5.41) is 8.58. The second-order valence-electron chi connectivity index (χ2n) is 5.85. The molecule has 1 aliphatic rings. The number of urea groups is 1. The molecular formula is C14H26N2O3. The van der Waals surface area contributed by atoms with Gasteiger partial charge in [-0.2, -0.15) is 0 Å². The summed E-state index contributed by atoms with van der Waals surface area (Å²) in [6.07, 6.45) is 3.89. The van der Waals surface area contributed by atoms with Crippen molar-refractivity contribution in [3.8, 4) is 0 Å². The average molecular weight is 270 g/mol. The molecule has 2 amide bonds. The summed E-state index contributed by atoms with van der Waals surface area (Å²) >= 11 is 0. The zero-order valence-corrected chi connectivity index (χ0v) is 12.3. The molecular weight excluding hydrogens is 244 g/mol. The monoisotopic (exact) mass is 270 g/mol. The van der Waals surface area contributed by atoms with Crippen LogP contribution < -0.4 is 0 Å². The number of carbonyl (C=O) groups is 2.